The van der Waals surface area contributed by atoms with Gasteiger partial charge in [0.05, 0.1) is 37.4 Å². The molecule has 0 spiro atoms. The minimum atomic E-state index is -0.284. The van der Waals surface area contributed by atoms with Crippen LogP contribution in [0.5, 0.6) is 11.5 Å². The van der Waals surface area contributed by atoms with E-state index in [1.54, 1.807) is 56.8 Å². The van der Waals surface area contributed by atoms with Crippen molar-refractivity contribution in [3.63, 3.8) is 0 Å². The first-order valence-corrected chi connectivity index (χ1v) is 8.89. The monoisotopic (exact) mass is 397 g/mol. The van der Waals surface area contributed by atoms with Gasteiger partial charge in [-0.05, 0) is 42.8 Å². The Balaban J connectivity index is 1.80. The van der Waals surface area contributed by atoms with E-state index in [9.17, 15) is 4.79 Å². The number of halogens is 1. The summed E-state index contributed by atoms with van der Waals surface area (Å²) in [4.78, 5) is 16.7. The molecule has 1 aromatic heterocycles. The molecule has 0 fully saturated rings. The van der Waals surface area contributed by atoms with Crippen molar-refractivity contribution < 1.29 is 14.3 Å². The number of amides is 1. The van der Waals surface area contributed by atoms with E-state index in [0.717, 1.165) is 5.56 Å². The van der Waals surface area contributed by atoms with Gasteiger partial charge in [-0.1, -0.05) is 17.7 Å². The third-order valence-corrected chi connectivity index (χ3v) is 4.52. The van der Waals surface area contributed by atoms with Crippen LogP contribution in [0.3, 0.4) is 0 Å². The number of carbonyl (C=O) groups excluding carboxylic acids is 1. The zero-order chi connectivity index (χ0) is 20.1. The topological polar surface area (TPSA) is 72.5 Å². The van der Waals surface area contributed by atoms with Crippen molar-refractivity contribution in [1.82, 2.24) is 4.98 Å². The van der Waals surface area contributed by atoms with E-state index < -0.39 is 0 Å². The van der Waals surface area contributed by atoms with Gasteiger partial charge in [-0.15, -0.1) is 0 Å². The fourth-order valence-electron chi connectivity index (χ4n) is 2.57. The van der Waals surface area contributed by atoms with E-state index in [-0.39, 0.29) is 5.91 Å². The van der Waals surface area contributed by atoms with E-state index in [0.29, 0.717) is 39.1 Å². The Bertz CT molecular complexity index is 1010. The number of anilines is 3. The Hall–Kier alpha value is -3.25. The Morgan fingerprint density at radius 2 is 1.82 bits per heavy atom. The van der Waals surface area contributed by atoms with Gasteiger partial charge in [-0.3, -0.25) is 9.78 Å². The van der Waals surface area contributed by atoms with Crippen molar-refractivity contribution in [2.75, 3.05) is 24.9 Å². The summed E-state index contributed by atoms with van der Waals surface area (Å²) < 4.78 is 10.6. The minimum Gasteiger partial charge on any atom is -0.497 e. The number of aryl methyl sites for hydroxylation is 1. The fourth-order valence-corrected chi connectivity index (χ4v) is 2.75. The molecule has 6 nitrogen and oxygen atoms in total. The van der Waals surface area contributed by atoms with Crippen LogP contribution in [-0.4, -0.2) is 25.1 Å². The molecule has 0 atom stereocenters. The molecule has 1 heterocycles. The maximum absolute atomic E-state index is 12.6. The Labute approximate surface area is 168 Å². The minimum absolute atomic E-state index is 0.284. The Morgan fingerprint density at radius 3 is 2.54 bits per heavy atom. The molecule has 0 unspecified atom stereocenters. The van der Waals surface area contributed by atoms with Gasteiger partial charge in [0.1, 0.15) is 11.5 Å². The Kier molecular flexibility index (Phi) is 6.01. The lowest BCUT2D eigenvalue weighted by Gasteiger charge is -2.13. The third-order valence-electron chi connectivity index (χ3n) is 4.12. The number of carbonyl (C=O) groups is 1. The van der Waals surface area contributed by atoms with Crippen molar-refractivity contribution in [1.29, 1.82) is 0 Å². The van der Waals surface area contributed by atoms with Crippen molar-refractivity contribution in [3.05, 3.63) is 71.0 Å². The average Bonchev–Trinajstić information content (AvgIpc) is 2.71. The third kappa shape index (κ3) is 4.53. The molecule has 28 heavy (non-hydrogen) atoms. The van der Waals surface area contributed by atoms with E-state index >= 15 is 0 Å². The summed E-state index contributed by atoms with van der Waals surface area (Å²) in [5.41, 5.74) is 3.31. The van der Waals surface area contributed by atoms with Crippen molar-refractivity contribution in [2.45, 2.75) is 6.92 Å². The van der Waals surface area contributed by atoms with Crippen molar-refractivity contribution >= 4 is 34.6 Å². The van der Waals surface area contributed by atoms with Crippen molar-refractivity contribution in [3.8, 4) is 11.5 Å². The molecule has 0 saturated carbocycles. The first-order valence-electron chi connectivity index (χ1n) is 8.52. The number of rotatable bonds is 6. The molecule has 0 aliphatic carbocycles. The maximum Gasteiger partial charge on any atom is 0.257 e. The highest BCUT2D eigenvalue weighted by Crippen LogP contribution is 2.31. The summed E-state index contributed by atoms with van der Waals surface area (Å²) in [7, 11) is 3.18. The Morgan fingerprint density at radius 1 is 1.00 bits per heavy atom. The van der Waals surface area contributed by atoms with E-state index in [4.69, 9.17) is 21.1 Å². The molecular weight excluding hydrogens is 378 g/mol. The number of hydrogen-bond acceptors (Lipinski definition) is 5. The summed E-state index contributed by atoms with van der Waals surface area (Å²) in [6.45, 7) is 1.90. The molecule has 0 radical (unpaired) electrons. The van der Waals surface area contributed by atoms with Crippen LogP contribution in [0, 0.1) is 6.92 Å². The van der Waals surface area contributed by atoms with Gasteiger partial charge in [0, 0.05) is 23.0 Å². The zero-order valence-corrected chi connectivity index (χ0v) is 16.5. The zero-order valence-electron chi connectivity index (χ0n) is 15.7. The molecule has 2 N–H and O–H groups in total. The smallest absolute Gasteiger partial charge is 0.257 e. The molecule has 3 rings (SSSR count). The molecule has 0 saturated heterocycles. The summed E-state index contributed by atoms with van der Waals surface area (Å²) in [5.74, 6) is 1.04. The van der Waals surface area contributed by atoms with Gasteiger partial charge in [0.25, 0.3) is 5.91 Å². The van der Waals surface area contributed by atoms with Gasteiger partial charge in [0.15, 0.2) is 0 Å². The van der Waals surface area contributed by atoms with E-state index in [1.807, 2.05) is 13.0 Å². The van der Waals surface area contributed by atoms with Crippen LogP contribution in [-0.2, 0) is 0 Å². The van der Waals surface area contributed by atoms with E-state index in [2.05, 4.69) is 15.6 Å². The van der Waals surface area contributed by atoms with Gasteiger partial charge < -0.3 is 20.1 Å². The molecule has 1 amide bonds. The number of methoxy groups -OCH3 is 2. The summed E-state index contributed by atoms with van der Waals surface area (Å²) >= 11 is 6.12. The molecule has 0 bridgehead atoms. The lowest BCUT2D eigenvalue weighted by Crippen LogP contribution is -2.12. The standard InChI is InChI=1S/C21H20ClN3O3/c1-13-4-5-15(9-18(13)22)25-21(26)14-8-16(12-23-11-14)24-19-10-17(27-2)6-7-20(19)28-3/h4-12,24H,1-3H3,(H,25,26). The number of aromatic nitrogens is 1. The largest absolute Gasteiger partial charge is 0.497 e. The van der Waals surface area contributed by atoms with Crippen LogP contribution in [0.15, 0.2) is 54.9 Å². The lowest BCUT2D eigenvalue weighted by atomic mass is 10.2. The normalized spacial score (nSPS) is 10.3. The number of benzene rings is 2. The van der Waals surface area contributed by atoms with Crippen LogP contribution >= 0.6 is 11.6 Å². The number of nitrogens with zero attached hydrogens (tertiary/aromatic N) is 1. The van der Waals surface area contributed by atoms with E-state index in [1.165, 1.54) is 6.20 Å². The summed E-state index contributed by atoms with van der Waals surface area (Å²) in [6, 6.07) is 12.5. The van der Waals surface area contributed by atoms with Gasteiger partial charge in [-0.25, -0.2) is 0 Å². The highest BCUT2D eigenvalue weighted by Gasteiger charge is 2.11. The second-order valence-electron chi connectivity index (χ2n) is 6.07. The molecule has 3 aromatic rings. The first-order chi connectivity index (χ1) is 13.5. The highest BCUT2D eigenvalue weighted by molar-refractivity contribution is 6.31. The van der Waals surface area contributed by atoms with Crippen LogP contribution in [0.4, 0.5) is 17.1 Å². The van der Waals surface area contributed by atoms with Gasteiger partial charge >= 0.3 is 0 Å². The quantitative estimate of drug-likeness (QED) is 0.608. The predicted molar refractivity (Wildman–Crippen MR) is 111 cm³/mol. The number of ether oxygens (including phenoxy) is 2. The fraction of sp³-hybridized carbons (Fsp3) is 0.143. The molecular formula is C21H20ClN3O3. The molecule has 7 heteroatoms. The predicted octanol–water partition coefficient (Wildman–Crippen LogP) is 5.06. The molecule has 0 aliphatic rings. The number of nitrogens with one attached hydrogen (secondary N) is 2. The SMILES string of the molecule is COc1ccc(OC)c(Nc2cncc(C(=O)Nc3ccc(C)c(Cl)c3)c2)c1. The first kappa shape index (κ1) is 19.5. The molecule has 2 aromatic carbocycles. The number of hydrogen-bond donors (Lipinski definition) is 2. The summed E-state index contributed by atoms with van der Waals surface area (Å²) in [6.07, 6.45) is 3.12. The number of pyridine rings is 1. The molecule has 144 valence electrons. The second kappa shape index (κ2) is 8.63. The lowest BCUT2D eigenvalue weighted by molar-refractivity contribution is 0.102. The summed E-state index contributed by atoms with van der Waals surface area (Å²) in [5, 5.41) is 6.62. The van der Waals surface area contributed by atoms with Gasteiger partial charge in [0.2, 0.25) is 0 Å². The van der Waals surface area contributed by atoms with Crippen LogP contribution in [0.1, 0.15) is 15.9 Å². The van der Waals surface area contributed by atoms with Crippen molar-refractivity contribution in [2.24, 2.45) is 0 Å². The highest BCUT2D eigenvalue weighted by atomic mass is 35.5. The second-order valence-corrected chi connectivity index (χ2v) is 6.48. The molecule has 0 aliphatic heterocycles. The van der Waals surface area contributed by atoms with Crippen LogP contribution < -0.4 is 20.1 Å². The maximum atomic E-state index is 12.6. The van der Waals surface area contributed by atoms with Gasteiger partial charge in [-0.2, -0.15) is 0 Å². The van der Waals surface area contributed by atoms with Crippen LogP contribution in [0.25, 0.3) is 0 Å². The van der Waals surface area contributed by atoms with Crippen LogP contribution in [0.2, 0.25) is 5.02 Å². The average molecular weight is 398 g/mol.